The van der Waals surface area contributed by atoms with E-state index in [1.54, 1.807) is 18.6 Å². The fraction of sp³-hybridized carbons (Fsp3) is 0.250. The molecule has 0 aliphatic rings. The smallest absolute Gasteiger partial charge is 0.0915 e. The third kappa shape index (κ3) is 4.57. The average molecular weight is 269 g/mol. The van der Waals surface area contributed by atoms with E-state index in [9.17, 15) is 5.11 Å². The van der Waals surface area contributed by atoms with E-state index in [1.165, 1.54) is 0 Å². The molecule has 0 saturated heterocycles. The average Bonchev–Trinajstić information content (AvgIpc) is 2.52. The van der Waals surface area contributed by atoms with Crippen molar-refractivity contribution in [1.29, 1.82) is 0 Å². The number of hydrogen-bond donors (Lipinski definition) is 2. The van der Waals surface area contributed by atoms with Crippen LogP contribution in [0.25, 0.3) is 6.08 Å². The number of aliphatic hydroxyl groups excluding tert-OH is 1. The van der Waals surface area contributed by atoms with Crippen LogP contribution in [0.2, 0.25) is 0 Å². The summed E-state index contributed by atoms with van der Waals surface area (Å²) in [5.74, 6) is 0. The normalized spacial score (nSPS) is 14.3. The van der Waals surface area contributed by atoms with Gasteiger partial charge in [0.25, 0.3) is 0 Å². The topological polar surface area (TPSA) is 58.0 Å². The summed E-state index contributed by atoms with van der Waals surface area (Å²) in [5, 5.41) is 13.3. The molecule has 0 saturated carbocycles. The molecule has 0 aliphatic carbocycles. The third-order valence-electron chi connectivity index (χ3n) is 2.97. The van der Waals surface area contributed by atoms with Gasteiger partial charge in [-0.1, -0.05) is 12.1 Å². The van der Waals surface area contributed by atoms with E-state index in [0.717, 1.165) is 11.3 Å². The Labute approximate surface area is 119 Å². The zero-order chi connectivity index (χ0) is 14.2. The zero-order valence-electron chi connectivity index (χ0n) is 11.5. The van der Waals surface area contributed by atoms with Crippen molar-refractivity contribution >= 4 is 6.08 Å². The number of pyridine rings is 2. The second-order valence-electron chi connectivity index (χ2n) is 4.61. The van der Waals surface area contributed by atoms with Crippen molar-refractivity contribution in [2.45, 2.75) is 19.1 Å². The van der Waals surface area contributed by atoms with Crippen molar-refractivity contribution < 1.29 is 5.11 Å². The van der Waals surface area contributed by atoms with E-state index < -0.39 is 6.10 Å². The first-order valence-electron chi connectivity index (χ1n) is 6.66. The highest BCUT2D eigenvalue weighted by molar-refractivity contribution is 5.44. The lowest BCUT2D eigenvalue weighted by molar-refractivity contribution is 0.173. The molecule has 2 rings (SSSR count). The molecule has 20 heavy (non-hydrogen) atoms. The molecule has 0 aliphatic heterocycles. The lowest BCUT2D eigenvalue weighted by atomic mass is 10.1. The minimum Gasteiger partial charge on any atom is -0.387 e. The molecule has 2 atom stereocenters. The van der Waals surface area contributed by atoms with Crippen molar-refractivity contribution in [2.24, 2.45) is 0 Å². The minimum atomic E-state index is -0.524. The molecule has 0 fully saturated rings. The number of nitrogens with zero attached hydrogens (tertiary/aromatic N) is 2. The summed E-state index contributed by atoms with van der Waals surface area (Å²) in [5.41, 5.74) is 1.80. The molecule has 2 unspecified atom stereocenters. The minimum absolute atomic E-state index is 0.161. The Morgan fingerprint density at radius 2 is 2.00 bits per heavy atom. The lowest BCUT2D eigenvalue weighted by Crippen LogP contribution is -2.28. The molecule has 2 aromatic heterocycles. The van der Waals surface area contributed by atoms with E-state index in [-0.39, 0.29) is 6.04 Å². The SMILES string of the molecule is CC(/C=C/c1ccccn1)NCC(O)c1ccncc1. The summed E-state index contributed by atoms with van der Waals surface area (Å²) in [6.45, 7) is 2.54. The predicted octanol–water partition coefficient (Wildman–Crippen LogP) is 2.20. The summed E-state index contributed by atoms with van der Waals surface area (Å²) in [7, 11) is 0. The van der Waals surface area contributed by atoms with Crippen LogP contribution in [-0.2, 0) is 0 Å². The molecule has 0 spiro atoms. The molecule has 4 nitrogen and oxygen atoms in total. The quantitative estimate of drug-likeness (QED) is 0.844. The van der Waals surface area contributed by atoms with Crippen LogP contribution in [0.15, 0.2) is 55.0 Å². The van der Waals surface area contributed by atoms with Gasteiger partial charge in [-0.2, -0.15) is 0 Å². The molecule has 4 heteroatoms. The van der Waals surface area contributed by atoms with Crippen molar-refractivity contribution in [1.82, 2.24) is 15.3 Å². The molecule has 0 bridgehead atoms. The molecule has 0 radical (unpaired) electrons. The van der Waals surface area contributed by atoms with Crippen LogP contribution in [0.1, 0.15) is 24.3 Å². The summed E-state index contributed by atoms with van der Waals surface area (Å²) in [4.78, 5) is 8.16. The van der Waals surface area contributed by atoms with Gasteiger partial charge in [-0.05, 0) is 42.8 Å². The van der Waals surface area contributed by atoms with Gasteiger partial charge >= 0.3 is 0 Å². The van der Waals surface area contributed by atoms with E-state index in [4.69, 9.17) is 0 Å². The van der Waals surface area contributed by atoms with Crippen LogP contribution in [0.4, 0.5) is 0 Å². The highest BCUT2D eigenvalue weighted by Gasteiger charge is 2.07. The molecule has 0 aromatic carbocycles. The maximum Gasteiger partial charge on any atom is 0.0915 e. The van der Waals surface area contributed by atoms with Crippen LogP contribution in [0.5, 0.6) is 0 Å². The first-order valence-corrected chi connectivity index (χ1v) is 6.66. The largest absolute Gasteiger partial charge is 0.387 e. The number of aromatic nitrogens is 2. The molecular formula is C16H19N3O. The molecule has 2 heterocycles. The van der Waals surface area contributed by atoms with E-state index in [2.05, 4.69) is 15.3 Å². The summed E-state index contributed by atoms with van der Waals surface area (Å²) >= 11 is 0. The van der Waals surface area contributed by atoms with Gasteiger partial charge in [0.15, 0.2) is 0 Å². The maximum absolute atomic E-state index is 10.0. The Hall–Kier alpha value is -2.04. The summed E-state index contributed by atoms with van der Waals surface area (Å²) in [6.07, 6.45) is 8.61. The summed E-state index contributed by atoms with van der Waals surface area (Å²) < 4.78 is 0. The maximum atomic E-state index is 10.0. The fourth-order valence-corrected chi connectivity index (χ4v) is 1.79. The highest BCUT2D eigenvalue weighted by atomic mass is 16.3. The van der Waals surface area contributed by atoms with Gasteiger partial charge in [0, 0.05) is 31.2 Å². The van der Waals surface area contributed by atoms with E-state index in [0.29, 0.717) is 6.54 Å². The van der Waals surface area contributed by atoms with Gasteiger partial charge in [0.05, 0.1) is 11.8 Å². The molecule has 2 N–H and O–H groups in total. The van der Waals surface area contributed by atoms with Gasteiger partial charge < -0.3 is 10.4 Å². The number of hydrogen-bond acceptors (Lipinski definition) is 4. The van der Waals surface area contributed by atoms with Crippen molar-refractivity contribution in [3.8, 4) is 0 Å². The van der Waals surface area contributed by atoms with Crippen LogP contribution in [0.3, 0.4) is 0 Å². The molecular weight excluding hydrogens is 250 g/mol. The third-order valence-corrected chi connectivity index (χ3v) is 2.97. The Balaban J connectivity index is 1.81. The zero-order valence-corrected chi connectivity index (χ0v) is 11.5. The molecule has 104 valence electrons. The second-order valence-corrected chi connectivity index (χ2v) is 4.61. The van der Waals surface area contributed by atoms with Crippen molar-refractivity contribution in [3.63, 3.8) is 0 Å². The standard InChI is InChI=1S/C16H19N3O/c1-13(5-6-15-4-2-3-9-18-15)19-12-16(20)14-7-10-17-11-8-14/h2-11,13,16,19-20H,12H2,1H3/b6-5+. The van der Waals surface area contributed by atoms with Gasteiger partial charge in [0.2, 0.25) is 0 Å². The first-order chi connectivity index (χ1) is 9.75. The summed E-state index contributed by atoms with van der Waals surface area (Å²) in [6, 6.07) is 9.60. The Morgan fingerprint density at radius 3 is 2.70 bits per heavy atom. The van der Waals surface area contributed by atoms with Crippen molar-refractivity contribution in [3.05, 3.63) is 66.3 Å². The Kier molecular flexibility index (Phi) is 5.41. The van der Waals surface area contributed by atoms with Crippen LogP contribution in [-0.4, -0.2) is 27.7 Å². The number of aliphatic hydroxyl groups is 1. The number of rotatable bonds is 6. The van der Waals surface area contributed by atoms with Crippen molar-refractivity contribution in [2.75, 3.05) is 6.54 Å². The van der Waals surface area contributed by atoms with Gasteiger partial charge in [-0.3, -0.25) is 9.97 Å². The first kappa shape index (κ1) is 14.4. The lowest BCUT2D eigenvalue weighted by Gasteiger charge is -2.14. The van der Waals surface area contributed by atoms with E-state index in [1.807, 2.05) is 49.4 Å². The highest BCUT2D eigenvalue weighted by Crippen LogP contribution is 2.10. The van der Waals surface area contributed by atoms with Gasteiger partial charge in [-0.25, -0.2) is 0 Å². The number of nitrogens with one attached hydrogen (secondary N) is 1. The van der Waals surface area contributed by atoms with E-state index >= 15 is 0 Å². The monoisotopic (exact) mass is 269 g/mol. The Morgan fingerprint density at radius 1 is 1.20 bits per heavy atom. The van der Waals surface area contributed by atoms with Gasteiger partial charge in [-0.15, -0.1) is 0 Å². The fourth-order valence-electron chi connectivity index (χ4n) is 1.79. The van der Waals surface area contributed by atoms with Crippen LogP contribution in [0, 0.1) is 0 Å². The Bertz CT molecular complexity index is 528. The van der Waals surface area contributed by atoms with Crippen LogP contribution >= 0.6 is 0 Å². The van der Waals surface area contributed by atoms with Crippen LogP contribution < -0.4 is 5.32 Å². The predicted molar refractivity (Wildman–Crippen MR) is 79.9 cm³/mol. The molecule has 0 amide bonds. The second kappa shape index (κ2) is 7.53. The molecule has 2 aromatic rings. The van der Waals surface area contributed by atoms with Gasteiger partial charge in [0.1, 0.15) is 0 Å².